The van der Waals surface area contributed by atoms with Gasteiger partial charge in [-0.2, -0.15) is 4.98 Å². The molecule has 0 saturated carbocycles. The monoisotopic (exact) mass is 473 g/mol. The highest BCUT2D eigenvalue weighted by molar-refractivity contribution is 5.94. The van der Waals surface area contributed by atoms with Crippen LogP contribution < -0.4 is 10.9 Å². The van der Waals surface area contributed by atoms with Crippen molar-refractivity contribution < 1.29 is 13.6 Å². The van der Waals surface area contributed by atoms with E-state index in [9.17, 15) is 9.59 Å². The normalized spacial score (nSPS) is 11.1. The predicted molar refractivity (Wildman–Crippen MR) is 136 cm³/mol. The predicted octanol–water partition coefficient (Wildman–Crippen LogP) is 5.59. The number of nitrogens with zero attached hydrogens (tertiary/aromatic N) is 2. The van der Waals surface area contributed by atoms with Crippen molar-refractivity contribution in [1.29, 1.82) is 0 Å². The Bertz CT molecular complexity index is 1730. The molecule has 0 fully saturated rings. The molecule has 0 spiro atoms. The molecule has 6 aromatic rings. The molecule has 3 aromatic heterocycles. The highest BCUT2D eigenvalue weighted by Crippen LogP contribution is 2.24. The van der Waals surface area contributed by atoms with Gasteiger partial charge in [-0.05, 0) is 59.7 Å². The van der Waals surface area contributed by atoms with Crippen molar-refractivity contribution >= 4 is 28.1 Å². The minimum Gasteiger partial charge on any atom is -0.434 e. The largest absolute Gasteiger partial charge is 0.434 e. The summed E-state index contributed by atoms with van der Waals surface area (Å²) in [5.41, 5.74) is 4.74. The lowest BCUT2D eigenvalue weighted by molar-refractivity contribution is 0.0951. The van der Waals surface area contributed by atoms with Gasteiger partial charge in [-0.1, -0.05) is 42.5 Å². The molecule has 7 nitrogen and oxygen atoms in total. The van der Waals surface area contributed by atoms with Gasteiger partial charge in [-0.3, -0.25) is 4.79 Å². The Morgan fingerprint density at radius 2 is 1.56 bits per heavy atom. The molecular formula is C29H19N3O4. The van der Waals surface area contributed by atoms with Crippen molar-refractivity contribution in [3.05, 3.63) is 119 Å². The number of pyridine rings is 1. The minimum atomic E-state index is -0.413. The Labute approximate surface area is 205 Å². The summed E-state index contributed by atoms with van der Waals surface area (Å²) in [5, 5.41) is 3.76. The average molecular weight is 473 g/mol. The third-order valence-electron chi connectivity index (χ3n) is 5.92. The van der Waals surface area contributed by atoms with Gasteiger partial charge >= 0.3 is 5.63 Å². The van der Waals surface area contributed by atoms with E-state index in [0.717, 1.165) is 16.5 Å². The molecule has 0 aliphatic heterocycles. The van der Waals surface area contributed by atoms with E-state index in [0.29, 0.717) is 45.9 Å². The van der Waals surface area contributed by atoms with Crippen LogP contribution in [0.1, 0.15) is 15.9 Å². The Morgan fingerprint density at radius 3 is 2.36 bits per heavy atom. The smallest absolute Gasteiger partial charge is 0.344 e. The number of rotatable bonds is 5. The van der Waals surface area contributed by atoms with E-state index in [1.165, 1.54) is 0 Å². The molecule has 0 unspecified atom stereocenters. The SMILES string of the molecule is O=C(NCc1ccc(-c2nc3ncccc3o2)cc1)c1ccc(-c2cc3ccccc3oc2=O)cc1. The molecule has 174 valence electrons. The van der Waals surface area contributed by atoms with Crippen LogP contribution in [0.25, 0.3) is 44.8 Å². The summed E-state index contributed by atoms with van der Waals surface area (Å²) >= 11 is 0. The Balaban J connectivity index is 1.13. The van der Waals surface area contributed by atoms with Crippen molar-refractivity contribution in [3.8, 4) is 22.6 Å². The summed E-state index contributed by atoms with van der Waals surface area (Å²) in [6.45, 7) is 0.365. The van der Waals surface area contributed by atoms with Crippen molar-refractivity contribution in [2.45, 2.75) is 6.54 Å². The van der Waals surface area contributed by atoms with Crippen LogP contribution in [0, 0.1) is 0 Å². The molecule has 0 atom stereocenters. The lowest BCUT2D eigenvalue weighted by atomic mass is 10.0. The standard InChI is InChI=1S/C29H19N3O4/c33-27(20-13-11-19(12-14-20)23-16-22-4-1-2-5-24(22)36-29(23)34)31-17-18-7-9-21(10-8-18)28-32-26-25(35-28)6-3-15-30-26/h1-16H,17H2,(H,31,33). The molecular weight excluding hydrogens is 454 g/mol. The maximum atomic E-state index is 12.7. The van der Waals surface area contributed by atoms with Gasteiger partial charge in [0, 0.05) is 29.3 Å². The Morgan fingerprint density at radius 1 is 0.806 bits per heavy atom. The Kier molecular flexibility index (Phi) is 5.35. The maximum absolute atomic E-state index is 12.7. The van der Waals surface area contributed by atoms with Crippen LogP contribution in [0.5, 0.6) is 0 Å². The molecule has 6 rings (SSSR count). The van der Waals surface area contributed by atoms with Gasteiger partial charge in [0.25, 0.3) is 5.91 Å². The van der Waals surface area contributed by atoms with E-state index >= 15 is 0 Å². The summed E-state index contributed by atoms with van der Waals surface area (Å²) in [6.07, 6.45) is 1.67. The van der Waals surface area contributed by atoms with Crippen LogP contribution in [0.15, 0.2) is 111 Å². The third kappa shape index (κ3) is 4.14. The number of fused-ring (bicyclic) bond motifs is 2. The molecule has 1 amide bonds. The van der Waals surface area contributed by atoms with Crippen LogP contribution in [-0.2, 0) is 6.54 Å². The highest BCUT2D eigenvalue weighted by atomic mass is 16.4. The number of carbonyl (C=O) groups excluding carboxylic acids is 1. The summed E-state index contributed by atoms with van der Waals surface area (Å²) in [4.78, 5) is 33.7. The van der Waals surface area contributed by atoms with Crippen LogP contribution in [0.4, 0.5) is 0 Å². The zero-order valence-corrected chi connectivity index (χ0v) is 19.0. The number of benzene rings is 3. The van der Waals surface area contributed by atoms with E-state index in [4.69, 9.17) is 8.83 Å². The molecule has 7 heteroatoms. The number of hydrogen-bond donors (Lipinski definition) is 1. The zero-order chi connectivity index (χ0) is 24.5. The topological polar surface area (TPSA) is 98.2 Å². The minimum absolute atomic E-state index is 0.207. The maximum Gasteiger partial charge on any atom is 0.344 e. The van der Waals surface area contributed by atoms with Crippen LogP contribution in [-0.4, -0.2) is 15.9 Å². The van der Waals surface area contributed by atoms with Gasteiger partial charge in [-0.25, -0.2) is 9.78 Å². The van der Waals surface area contributed by atoms with Crippen LogP contribution in [0.2, 0.25) is 0 Å². The molecule has 0 radical (unpaired) electrons. The fourth-order valence-corrected chi connectivity index (χ4v) is 4.01. The second-order valence-electron chi connectivity index (χ2n) is 8.29. The van der Waals surface area contributed by atoms with E-state index in [1.807, 2.05) is 48.5 Å². The first-order chi connectivity index (χ1) is 17.6. The number of oxazole rings is 1. The van der Waals surface area contributed by atoms with Crippen molar-refractivity contribution in [2.24, 2.45) is 0 Å². The summed E-state index contributed by atoms with van der Waals surface area (Å²) in [7, 11) is 0. The van der Waals surface area contributed by atoms with Gasteiger partial charge in [0.1, 0.15) is 5.58 Å². The fourth-order valence-electron chi connectivity index (χ4n) is 4.01. The molecule has 1 N–H and O–H groups in total. The van der Waals surface area contributed by atoms with E-state index < -0.39 is 5.63 Å². The Hall–Kier alpha value is -5.04. The molecule has 3 heterocycles. The fraction of sp³-hybridized carbons (Fsp3) is 0.0345. The van der Waals surface area contributed by atoms with Crippen LogP contribution >= 0.6 is 0 Å². The van der Waals surface area contributed by atoms with Crippen molar-refractivity contribution in [2.75, 3.05) is 0 Å². The zero-order valence-electron chi connectivity index (χ0n) is 19.0. The number of amides is 1. The summed E-state index contributed by atoms with van der Waals surface area (Å²) < 4.78 is 11.2. The first-order valence-corrected chi connectivity index (χ1v) is 11.4. The molecule has 0 saturated heterocycles. The summed E-state index contributed by atoms with van der Waals surface area (Å²) in [5.74, 6) is 0.293. The number of hydrogen-bond acceptors (Lipinski definition) is 6. The van der Waals surface area contributed by atoms with Crippen molar-refractivity contribution in [3.63, 3.8) is 0 Å². The molecule has 0 aliphatic rings. The number of aromatic nitrogens is 2. The second kappa shape index (κ2) is 8.96. The highest BCUT2D eigenvalue weighted by Gasteiger charge is 2.11. The van der Waals surface area contributed by atoms with Crippen LogP contribution in [0.3, 0.4) is 0 Å². The first-order valence-electron chi connectivity index (χ1n) is 11.4. The number of carbonyl (C=O) groups is 1. The van der Waals surface area contributed by atoms with Gasteiger partial charge in [0.05, 0.1) is 5.56 Å². The quantitative estimate of drug-likeness (QED) is 0.328. The molecule has 0 bridgehead atoms. The van der Waals surface area contributed by atoms with E-state index in [2.05, 4.69) is 15.3 Å². The average Bonchev–Trinajstić information content (AvgIpc) is 3.36. The van der Waals surface area contributed by atoms with Gasteiger partial charge in [-0.15, -0.1) is 0 Å². The van der Waals surface area contributed by atoms with Gasteiger partial charge in [0.2, 0.25) is 5.89 Å². The number of para-hydroxylation sites is 1. The molecule has 0 aliphatic carbocycles. The molecule has 3 aromatic carbocycles. The lowest BCUT2D eigenvalue weighted by Crippen LogP contribution is -2.22. The summed E-state index contributed by atoms with van der Waals surface area (Å²) in [6, 6.07) is 27.3. The third-order valence-corrected chi connectivity index (χ3v) is 5.92. The van der Waals surface area contributed by atoms with Crippen molar-refractivity contribution in [1.82, 2.24) is 15.3 Å². The lowest BCUT2D eigenvalue weighted by Gasteiger charge is -2.07. The van der Waals surface area contributed by atoms with E-state index in [1.54, 1.807) is 48.7 Å². The number of nitrogens with one attached hydrogen (secondary N) is 1. The van der Waals surface area contributed by atoms with Gasteiger partial charge in [0.15, 0.2) is 11.2 Å². The first kappa shape index (κ1) is 21.5. The second-order valence-corrected chi connectivity index (χ2v) is 8.29. The molecule has 36 heavy (non-hydrogen) atoms. The van der Waals surface area contributed by atoms with E-state index in [-0.39, 0.29) is 5.91 Å². The van der Waals surface area contributed by atoms with Gasteiger partial charge < -0.3 is 14.2 Å².